The zero-order valence-corrected chi connectivity index (χ0v) is 37.2. The van der Waals surface area contributed by atoms with Crippen LogP contribution in [0.4, 0.5) is 0 Å². The van der Waals surface area contributed by atoms with Crippen LogP contribution in [0.2, 0.25) is 0 Å². The fourth-order valence-electron chi connectivity index (χ4n) is 3.31. The van der Waals surface area contributed by atoms with Crippen LogP contribution < -0.4 is 26.0 Å². The van der Waals surface area contributed by atoms with E-state index in [9.17, 15) is 14.7 Å². The third-order valence-corrected chi connectivity index (χ3v) is 5.96. The van der Waals surface area contributed by atoms with Crippen LogP contribution in [0.1, 0.15) is 97.9 Å². The van der Waals surface area contributed by atoms with Gasteiger partial charge in [-0.2, -0.15) is 0 Å². The number of carboxylic acid groups (broad SMARTS) is 2. The maximum atomic E-state index is 10.0. The Bertz CT molecular complexity index is 901. The molecule has 0 spiro atoms. The summed E-state index contributed by atoms with van der Waals surface area (Å²) in [5.41, 5.74) is 27.9. The van der Waals surface area contributed by atoms with Crippen LogP contribution in [0.5, 0.6) is 11.5 Å². The first kappa shape index (κ1) is 54.2. The Labute approximate surface area is 344 Å². The minimum atomic E-state index is -1.27. The summed E-state index contributed by atoms with van der Waals surface area (Å²) < 4.78 is 10.1. The van der Waals surface area contributed by atoms with Crippen molar-refractivity contribution in [1.29, 1.82) is 0 Å². The summed E-state index contributed by atoms with van der Waals surface area (Å²) in [6.07, 6.45) is 2.75. The van der Waals surface area contributed by atoms with Gasteiger partial charge in [-0.25, -0.2) is 0 Å². The topological polar surface area (TPSA) is 196 Å². The molecular formula is C33H57Ac2N4O6-3. The molecule has 2 radical (unpaired) electrons. The van der Waals surface area contributed by atoms with E-state index in [0.29, 0.717) is 18.8 Å². The molecule has 0 heterocycles. The van der Waals surface area contributed by atoms with Gasteiger partial charge in [0.15, 0.2) is 0 Å². The standard InChI is InChI=1S/2C10H15NO.2C6H12NO2.CH4.2Ac/c2*1-3-10(11)8-4-6-9(12-2)7-5-8;2*1-4(2)3-5(7)6(8)9;;;/h2*4-7,10H,3,11H2,1-2H3;2*4-5,7H,3H2,1-2H3,(H,8,9);1H4;;/q;;2*-1;;;/p-1. The molecule has 4 atom stereocenters. The molecule has 2 rings (SSSR count). The summed E-state index contributed by atoms with van der Waals surface area (Å²) in [4.78, 5) is 20.0. The fourth-order valence-corrected chi connectivity index (χ4v) is 3.31. The summed E-state index contributed by atoms with van der Waals surface area (Å²) in [5, 5.41) is 18.2. The van der Waals surface area contributed by atoms with E-state index in [1.165, 1.54) is 11.1 Å². The number of hydrogen-bond acceptors (Lipinski definition) is 7. The third kappa shape index (κ3) is 28.4. The molecule has 0 aliphatic carbocycles. The summed E-state index contributed by atoms with van der Waals surface area (Å²) in [7, 11) is 3.32. The van der Waals surface area contributed by atoms with Crippen molar-refractivity contribution in [2.24, 2.45) is 23.3 Å². The van der Waals surface area contributed by atoms with Crippen LogP contribution in [0.25, 0.3) is 11.5 Å². The molecule has 0 amide bonds. The van der Waals surface area contributed by atoms with Crippen LogP contribution in [-0.4, -0.2) is 43.3 Å². The number of hydrogen-bond donors (Lipinski definition) is 3. The molecular weight excluding hydrogens is 1000 g/mol. The molecule has 0 saturated carbocycles. The molecule has 12 heteroatoms. The van der Waals surface area contributed by atoms with Gasteiger partial charge in [0.05, 0.1) is 14.2 Å². The van der Waals surface area contributed by atoms with E-state index in [4.69, 9.17) is 37.5 Å². The van der Waals surface area contributed by atoms with Crippen molar-refractivity contribution >= 4 is 11.9 Å². The predicted octanol–water partition coefficient (Wildman–Crippen LogP) is 6.59. The van der Waals surface area contributed by atoms with E-state index in [1.807, 2.05) is 76.2 Å². The summed E-state index contributed by atoms with van der Waals surface area (Å²) in [6.45, 7) is 11.7. The third-order valence-electron chi connectivity index (χ3n) is 5.96. The zero-order chi connectivity index (χ0) is 32.8. The second kappa shape index (κ2) is 32.3. The number of methoxy groups -OCH3 is 2. The maximum absolute atomic E-state index is 10.0. The molecule has 254 valence electrons. The maximum Gasteiger partial charge on any atom is 0.285 e. The van der Waals surface area contributed by atoms with E-state index in [2.05, 4.69) is 13.8 Å². The van der Waals surface area contributed by atoms with Crippen LogP contribution in [-0.2, 0) is 9.59 Å². The van der Waals surface area contributed by atoms with E-state index in [1.54, 1.807) is 14.2 Å². The van der Waals surface area contributed by atoms with Crippen molar-refractivity contribution in [3.8, 4) is 11.5 Å². The molecule has 0 aliphatic heterocycles. The summed E-state index contributed by atoms with van der Waals surface area (Å²) in [6, 6.07) is 14.1. The van der Waals surface area contributed by atoms with Crippen molar-refractivity contribution in [2.45, 2.75) is 98.8 Å². The Kier molecular flexibility index (Phi) is 38.8. The van der Waals surface area contributed by atoms with Crippen molar-refractivity contribution < 1.29 is 117 Å². The van der Waals surface area contributed by atoms with E-state index < -0.39 is 24.0 Å². The molecule has 45 heavy (non-hydrogen) atoms. The molecule has 0 saturated heterocycles. The van der Waals surface area contributed by atoms with Gasteiger partial charge in [0.1, 0.15) is 11.5 Å². The fraction of sp³-hybridized carbons (Fsp3) is 0.576. The van der Waals surface area contributed by atoms with Crippen LogP contribution in [0.15, 0.2) is 48.5 Å². The Morgan fingerprint density at radius 3 is 1.18 bits per heavy atom. The smallest absolute Gasteiger partial charge is 0.285 e. The Morgan fingerprint density at radius 1 is 0.733 bits per heavy atom. The minimum Gasteiger partial charge on any atom is -0.670 e. The second-order valence-electron chi connectivity index (χ2n) is 10.6. The zero-order valence-electron chi connectivity index (χ0n) is 27.7. The van der Waals surface area contributed by atoms with Gasteiger partial charge in [0.25, 0.3) is 5.97 Å². The van der Waals surface area contributed by atoms with Gasteiger partial charge in [-0.15, -0.1) is 0 Å². The average Bonchev–Trinajstić information content (AvgIpc) is 2.96. The predicted molar refractivity (Wildman–Crippen MR) is 175 cm³/mol. The Hall–Kier alpha value is -0.297. The Balaban J connectivity index is -0.000000156. The van der Waals surface area contributed by atoms with E-state index in [0.717, 1.165) is 24.3 Å². The monoisotopic (exact) mass is 1060 g/mol. The molecule has 2 aromatic rings. The normalized spacial score (nSPS) is 12.2. The van der Waals surface area contributed by atoms with Crippen molar-refractivity contribution in [3.63, 3.8) is 0 Å². The number of carbonyl (C=O) groups excluding carboxylic acids is 1. The van der Waals surface area contributed by atoms with Gasteiger partial charge >= 0.3 is 0 Å². The Morgan fingerprint density at radius 2 is 1.02 bits per heavy atom. The first-order chi connectivity index (χ1) is 19.6. The van der Waals surface area contributed by atoms with Gasteiger partial charge in [0.2, 0.25) is 0 Å². The number of nitrogens with one attached hydrogen (secondary N) is 2. The molecule has 0 aromatic heterocycles. The first-order valence-corrected chi connectivity index (χ1v) is 14.3. The van der Waals surface area contributed by atoms with Gasteiger partial charge in [-0.05, 0) is 66.1 Å². The average molecular weight is 1060 g/mol. The van der Waals surface area contributed by atoms with Gasteiger partial charge in [-0.1, -0.05) is 92.1 Å². The first-order valence-electron chi connectivity index (χ1n) is 14.3. The largest absolute Gasteiger partial charge is 0.670 e. The second-order valence-corrected chi connectivity index (χ2v) is 10.6. The SMILES string of the molecule is C.CC(C)CC([NH-])C(=O)O.CC(C)CC([NH-])C(=O)[O-].CCC(N)c1ccc(OC)cc1.CCC(N)c1ccc(OC)cc1.[Ac].[Ac]. The van der Waals surface area contributed by atoms with Crippen LogP contribution in [0.3, 0.4) is 0 Å². The van der Waals surface area contributed by atoms with Crippen molar-refractivity contribution in [1.82, 2.24) is 0 Å². The van der Waals surface area contributed by atoms with Crippen molar-refractivity contribution in [2.75, 3.05) is 14.2 Å². The molecule has 2 aromatic carbocycles. The molecule has 0 aliphatic rings. The molecule has 10 nitrogen and oxygen atoms in total. The molecule has 7 N–H and O–H groups in total. The molecule has 0 fully saturated rings. The quantitative estimate of drug-likeness (QED) is 0.212. The number of ether oxygens (including phenoxy) is 2. The van der Waals surface area contributed by atoms with Crippen molar-refractivity contribution in [3.05, 3.63) is 71.1 Å². The summed E-state index contributed by atoms with van der Waals surface area (Å²) >= 11 is 0. The van der Waals surface area contributed by atoms with Gasteiger partial charge in [0, 0.05) is 106 Å². The van der Waals surface area contributed by atoms with E-state index in [-0.39, 0.29) is 114 Å². The van der Waals surface area contributed by atoms with Crippen LogP contribution >= 0.6 is 0 Å². The number of rotatable bonds is 12. The van der Waals surface area contributed by atoms with Crippen LogP contribution in [0, 0.1) is 100.0 Å². The molecule has 4 unspecified atom stereocenters. The number of carbonyl (C=O) groups is 2. The number of nitrogens with two attached hydrogens (primary N) is 2. The summed E-state index contributed by atoms with van der Waals surface area (Å²) in [5.74, 6) is 0.00510. The van der Waals surface area contributed by atoms with E-state index >= 15 is 0 Å². The number of aliphatic carboxylic acids is 2. The number of carboxylic acids is 2. The minimum absolute atomic E-state index is 0. The number of benzene rings is 2. The molecule has 0 bridgehead atoms. The van der Waals surface area contributed by atoms with Gasteiger partial charge in [-0.3, -0.25) is 4.79 Å². The van der Waals surface area contributed by atoms with Gasteiger partial charge < -0.3 is 47.4 Å².